The minimum Gasteiger partial charge on any atom is -0.480 e. The summed E-state index contributed by atoms with van der Waals surface area (Å²) in [7, 11) is 0. The van der Waals surface area contributed by atoms with E-state index in [0.717, 1.165) is 0 Å². The van der Waals surface area contributed by atoms with Gasteiger partial charge in [0.1, 0.15) is 6.04 Å². The van der Waals surface area contributed by atoms with Crippen LogP contribution in [0.25, 0.3) is 0 Å². The van der Waals surface area contributed by atoms with Crippen LogP contribution >= 0.6 is 0 Å². The molecule has 134 valence electrons. The molecule has 2 N–H and O–H groups in total. The van der Waals surface area contributed by atoms with Gasteiger partial charge in [0.25, 0.3) is 0 Å². The quantitative estimate of drug-likeness (QED) is 0.749. The second-order valence-corrected chi connectivity index (χ2v) is 5.74. The molecular formula is C13H17F6NO3. The fourth-order valence-electron chi connectivity index (χ4n) is 2.64. The van der Waals surface area contributed by atoms with E-state index in [1.807, 2.05) is 0 Å². The molecule has 0 radical (unpaired) electrons. The Morgan fingerprint density at radius 2 is 1.57 bits per heavy atom. The fraction of sp³-hybridized carbons (Fsp3) is 0.846. The summed E-state index contributed by atoms with van der Waals surface area (Å²) in [5.41, 5.74) is 0. The number of amides is 1. The molecule has 1 fully saturated rings. The Labute approximate surface area is 128 Å². The van der Waals surface area contributed by atoms with Crippen molar-refractivity contribution in [3.63, 3.8) is 0 Å². The molecule has 1 aliphatic carbocycles. The summed E-state index contributed by atoms with van der Waals surface area (Å²) in [4.78, 5) is 22.3. The van der Waals surface area contributed by atoms with Gasteiger partial charge in [-0.05, 0) is 31.6 Å². The first-order valence-electron chi connectivity index (χ1n) is 7.04. The number of carboxylic acid groups (broad SMARTS) is 1. The van der Waals surface area contributed by atoms with Crippen LogP contribution < -0.4 is 5.32 Å². The van der Waals surface area contributed by atoms with Crippen molar-refractivity contribution in [2.24, 2.45) is 11.8 Å². The largest absolute Gasteiger partial charge is 0.480 e. The van der Waals surface area contributed by atoms with Crippen LogP contribution in [0.15, 0.2) is 0 Å². The second-order valence-electron chi connectivity index (χ2n) is 5.74. The zero-order chi connectivity index (χ0) is 17.8. The van der Waals surface area contributed by atoms with E-state index in [4.69, 9.17) is 5.11 Å². The SMILES string of the molecule is O=C(CC1CCC(C(F)(F)F)CC1)NC(CC(F)(F)F)C(=O)O. The molecule has 0 aromatic carbocycles. The first-order valence-corrected chi connectivity index (χ1v) is 7.04. The molecule has 0 aliphatic heterocycles. The minimum atomic E-state index is -4.75. The van der Waals surface area contributed by atoms with Gasteiger partial charge >= 0.3 is 18.3 Å². The van der Waals surface area contributed by atoms with Crippen molar-refractivity contribution in [2.45, 2.75) is 56.9 Å². The Morgan fingerprint density at radius 3 is 1.96 bits per heavy atom. The normalized spacial score (nSPS) is 24.1. The predicted molar refractivity (Wildman–Crippen MR) is 66.4 cm³/mol. The third-order valence-electron chi connectivity index (χ3n) is 3.85. The molecule has 0 aromatic heterocycles. The van der Waals surface area contributed by atoms with Gasteiger partial charge in [-0.15, -0.1) is 0 Å². The number of alkyl halides is 6. The maximum Gasteiger partial charge on any atom is 0.391 e. The highest BCUT2D eigenvalue weighted by molar-refractivity contribution is 5.83. The average Bonchev–Trinajstić information content (AvgIpc) is 2.35. The molecule has 1 rings (SSSR count). The van der Waals surface area contributed by atoms with Gasteiger partial charge in [-0.2, -0.15) is 26.3 Å². The second kappa shape index (κ2) is 7.39. The van der Waals surface area contributed by atoms with Crippen molar-refractivity contribution < 1.29 is 41.0 Å². The number of rotatable bonds is 5. The zero-order valence-corrected chi connectivity index (χ0v) is 12.0. The number of carbonyl (C=O) groups excluding carboxylic acids is 1. The number of hydrogen-bond acceptors (Lipinski definition) is 2. The Morgan fingerprint density at radius 1 is 1.04 bits per heavy atom. The van der Waals surface area contributed by atoms with Crippen molar-refractivity contribution >= 4 is 11.9 Å². The Balaban J connectivity index is 2.46. The summed E-state index contributed by atoms with van der Waals surface area (Å²) in [6, 6.07) is -2.09. The van der Waals surface area contributed by atoms with E-state index < -0.39 is 42.6 Å². The van der Waals surface area contributed by atoms with Crippen LogP contribution in [0.5, 0.6) is 0 Å². The van der Waals surface area contributed by atoms with Gasteiger partial charge < -0.3 is 10.4 Å². The Hall–Kier alpha value is -1.48. The molecule has 0 saturated heterocycles. The van der Waals surface area contributed by atoms with Crippen LogP contribution in [0.3, 0.4) is 0 Å². The van der Waals surface area contributed by atoms with Crippen molar-refractivity contribution in [3.05, 3.63) is 0 Å². The highest BCUT2D eigenvalue weighted by Gasteiger charge is 2.42. The molecule has 0 spiro atoms. The lowest BCUT2D eigenvalue weighted by atomic mass is 9.80. The van der Waals surface area contributed by atoms with Gasteiger partial charge in [-0.1, -0.05) is 0 Å². The van der Waals surface area contributed by atoms with Crippen molar-refractivity contribution in [2.75, 3.05) is 0 Å². The van der Waals surface area contributed by atoms with E-state index in [2.05, 4.69) is 0 Å². The van der Waals surface area contributed by atoms with Gasteiger partial charge in [-0.3, -0.25) is 4.79 Å². The standard InChI is InChI=1S/C13H17F6NO3/c14-12(15,16)6-9(11(22)23)20-10(21)5-7-1-3-8(4-2-7)13(17,18)19/h7-9H,1-6H2,(H,20,21)(H,22,23). The molecule has 1 atom stereocenters. The minimum absolute atomic E-state index is 0.133. The van der Waals surface area contributed by atoms with Gasteiger partial charge in [0.05, 0.1) is 12.3 Å². The molecule has 1 unspecified atom stereocenters. The summed E-state index contributed by atoms with van der Waals surface area (Å²) in [5, 5.41) is 10.5. The number of carbonyl (C=O) groups is 2. The Kier molecular flexibility index (Phi) is 6.29. The van der Waals surface area contributed by atoms with Crippen LogP contribution in [0.1, 0.15) is 38.5 Å². The lowest BCUT2D eigenvalue weighted by molar-refractivity contribution is -0.184. The van der Waals surface area contributed by atoms with Crippen LogP contribution in [-0.4, -0.2) is 35.4 Å². The van der Waals surface area contributed by atoms with E-state index in [0.29, 0.717) is 0 Å². The molecule has 10 heteroatoms. The third kappa shape index (κ3) is 7.08. The number of carboxylic acids is 1. The predicted octanol–water partition coefficient (Wildman–Crippen LogP) is 3.27. The number of halogens is 6. The third-order valence-corrected chi connectivity index (χ3v) is 3.85. The molecule has 0 heterocycles. The van der Waals surface area contributed by atoms with Gasteiger partial charge in [0.2, 0.25) is 5.91 Å². The van der Waals surface area contributed by atoms with Crippen molar-refractivity contribution in [3.8, 4) is 0 Å². The lowest BCUT2D eigenvalue weighted by Crippen LogP contribution is -2.44. The van der Waals surface area contributed by atoms with Gasteiger partial charge in [0, 0.05) is 6.42 Å². The van der Waals surface area contributed by atoms with Crippen LogP contribution in [0.4, 0.5) is 26.3 Å². The summed E-state index contributed by atoms with van der Waals surface area (Å²) < 4.78 is 74.1. The van der Waals surface area contributed by atoms with E-state index in [9.17, 15) is 35.9 Å². The molecule has 0 aromatic rings. The smallest absolute Gasteiger partial charge is 0.391 e. The molecule has 1 amide bonds. The molecule has 4 nitrogen and oxygen atoms in total. The molecule has 1 saturated carbocycles. The number of hydrogen-bond donors (Lipinski definition) is 2. The van der Waals surface area contributed by atoms with Crippen LogP contribution in [-0.2, 0) is 9.59 Å². The first-order chi connectivity index (χ1) is 10.4. The van der Waals surface area contributed by atoms with Gasteiger partial charge in [0.15, 0.2) is 0 Å². The van der Waals surface area contributed by atoms with E-state index >= 15 is 0 Å². The molecule has 23 heavy (non-hydrogen) atoms. The number of aliphatic carboxylic acids is 1. The maximum absolute atomic E-state index is 12.5. The fourth-order valence-corrected chi connectivity index (χ4v) is 2.64. The summed E-state index contributed by atoms with van der Waals surface area (Å²) in [6.45, 7) is 0. The molecule has 1 aliphatic rings. The summed E-state index contributed by atoms with van der Waals surface area (Å²) >= 11 is 0. The highest BCUT2D eigenvalue weighted by Crippen LogP contribution is 2.40. The lowest BCUT2D eigenvalue weighted by Gasteiger charge is -2.29. The van der Waals surface area contributed by atoms with Crippen LogP contribution in [0, 0.1) is 11.8 Å². The average molecular weight is 349 g/mol. The van der Waals surface area contributed by atoms with E-state index in [-0.39, 0.29) is 38.0 Å². The first kappa shape index (κ1) is 19.6. The van der Waals surface area contributed by atoms with Crippen LogP contribution in [0.2, 0.25) is 0 Å². The maximum atomic E-state index is 12.5. The summed E-state index contributed by atoms with van der Waals surface area (Å²) in [6.07, 6.45) is -11.0. The van der Waals surface area contributed by atoms with E-state index in [1.165, 1.54) is 0 Å². The van der Waals surface area contributed by atoms with Crippen molar-refractivity contribution in [1.29, 1.82) is 0 Å². The highest BCUT2D eigenvalue weighted by atomic mass is 19.4. The topological polar surface area (TPSA) is 66.4 Å². The molecule has 0 bridgehead atoms. The monoisotopic (exact) mass is 349 g/mol. The zero-order valence-electron chi connectivity index (χ0n) is 12.0. The van der Waals surface area contributed by atoms with E-state index in [1.54, 1.807) is 5.32 Å². The van der Waals surface area contributed by atoms with Crippen molar-refractivity contribution in [1.82, 2.24) is 5.32 Å². The Bertz CT molecular complexity index is 426. The number of nitrogens with one attached hydrogen (secondary N) is 1. The summed E-state index contributed by atoms with van der Waals surface area (Å²) in [5.74, 6) is -4.50. The van der Waals surface area contributed by atoms with Gasteiger partial charge in [-0.25, -0.2) is 4.79 Å². The molecular weight excluding hydrogens is 332 g/mol.